The first-order valence-corrected chi connectivity index (χ1v) is 7.53. The van der Waals surface area contributed by atoms with Crippen molar-refractivity contribution in [2.24, 2.45) is 0 Å². The number of benzene rings is 3. The summed E-state index contributed by atoms with van der Waals surface area (Å²) < 4.78 is 5.79. The molecule has 0 spiro atoms. The van der Waals surface area contributed by atoms with Gasteiger partial charge in [-0.25, -0.2) is 0 Å². The van der Waals surface area contributed by atoms with E-state index in [9.17, 15) is 0 Å². The van der Waals surface area contributed by atoms with Gasteiger partial charge in [0.2, 0.25) is 0 Å². The first-order valence-electron chi connectivity index (χ1n) is 7.53. The van der Waals surface area contributed by atoms with Gasteiger partial charge in [0, 0.05) is 0 Å². The quantitative estimate of drug-likeness (QED) is 0.670. The predicted molar refractivity (Wildman–Crippen MR) is 92.1 cm³/mol. The Kier molecular flexibility index (Phi) is 4.40. The normalized spacial score (nSPS) is 10.1. The Morgan fingerprint density at radius 3 is 1.91 bits per heavy atom. The lowest BCUT2D eigenvalue weighted by Gasteiger charge is -2.08. The van der Waals surface area contributed by atoms with Crippen molar-refractivity contribution < 1.29 is 4.74 Å². The van der Waals surface area contributed by atoms with E-state index < -0.39 is 0 Å². The van der Waals surface area contributed by atoms with Crippen molar-refractivity contribution in [2.75, 3.05) is 0 Å². The predicted octanol–water partition coefficient (Wildman–Crippen LogP) is 5.11. The molecule has 2 heteroatoms. The largest absolute Gasteiger partial charge is 0.489 e. The van der Waals surface area contributed by atoms with Gasteiger partial charge in [0.25, 0.3) is 0 Å². The molecule has 112 valence electrons. The zero-order valence-electron chi connectivity index (χ0n) is 13.0. The second kappa shape index (κ2) is 6.81. The van der Waals surface area contributed by atoms with Crippen LogP contribution in [0.25, 0.3) is 11.1 Å². The molecule has 3 rings (SSSR count). The van der Waals surface area contributed by atoms with Crippen LogP contribution in [0.1, 0.15) is 16.7 Å². The van der Waals surface area contributed by atoms with Crippen molar-refractivity contribution in [3.05, 3.63) is 89.5 Å². The second-order valence-corrected chi connectivity index (χ2v) is 5.49. The molecule has 23 heavy (non-hydrogen) atoms. The standard InChI is InChI=1S/C21H17NO/c1-16-2-8-19(9-3-16)20-10-12-21(13-11-20)23-15-18-6-4-17(14-22)5-7-18/h2-13H,15H2,1H3. The molecular formula is C21H17NO. The van der Waals surface area contributed by atoms with Crippen LogP contribution in [0, 0.1) is 18.3 Å². The Morgan fingerprint density at radius 2 is 1.35 bits per heavy atom. The molecule has 3 aromatic rings. The SMILES string of the molecule is Cc1ccc(-c2ccc(OCc3ccc(C#N)cc3)cc2)cc1. The van der Waals surface area contributed by atoms with E-state index in [0.717, 1.165) is 11.3 Å². The Balaban J connectivity index is 1.65. The molecule has 2 nitrogen and oxygen atoms in total. The minimum absolute atomic E-state index is 0.496. The van der Waals surface area contributed by atoms with Crippen LogP contribution in [0.3, 0.4) is 0 Å². The molecule has 0 saturated carbocycles. The van der Waals surface area contributed by atoms with Crippen LogP contribution in [0.15, 0.2) is 72.8 Å². The molecule has 0 bridgehead atoms. The molecule has 0 aliphatic rings. The monoisotopic (exact) mass is 299 g/mol. The third kappa shape index (κ3) is 3.78. The van der Waals surface area contributed by atoms with E-state index >= 15 is 0 Å². The van der Waals surface area contributed by atoms with Gasteiger partial charge in [-0.05, 0) is 47.9 Å². The van der Waals surface area contributed by atoms with Crippen molar-refractivity contribution in [2.45, 2.75) is 13.5 Å². The Bertz CT molecular complexity index is 810. The maximum Gasteiger partial charge on any atom is 0.119 e. The van der Waals surface area contributed by atoms with Gasteiger partial charge in [-0.1, -0.05) is 54.1 Å². The van der Waals surface area contributed by atoms with Crippen LogP contribution in [-0.4, -0.2) is 0 Å². The smallest absolute Gasteiger partial charge is 0.119 e. The lowest BCUT2D eigenvalue weighted by atomic mass is 10.0. The van der Waals surface area contributed by atoms with Crippen LogP contribution in [0.2, 0.25) is 0 Å². The second-order valence-electron chi connectivity index (χ2n) is 5.49. The van der Waals surface area contributed by atoms with Crippen molar-refractivity contribution in [1.82, 2.24) is 0 Å². The number of hydrogen-bond donors (Lipinski definition) is 0. The summed E-state index contributed by atoms with van der Waals surface area (Å²) in [7, 11) is 0. The highest BCUT2D eigenvalue weighted by atomic mass is 16.5. The van der Waals surface area contributed by atoms with Crippen LogP contribution in [0.5, 0.6) is 5.75 Å². The maximum atomic E-state index is 8.79. The van der Waals surface area contributed by atoms with E-state index in [4.69, 9.17) is 10.00 Å². The van der Waals surface area contributed by atoms with Gasteiger partial charge in [-0.2, -0.15) is 5.26 Å². The van der Waals surface area contributed by atoms with Crippen LogP contribution in [-0.2, 0) is 6.61 Å². The minimum atomic E-state index is 0.496. The van der Waals surface area contributed by atoms with Crippen molar-refractivity contribution in [3.8, 4) is 22.9 Å². The topological polar surface area (TPSA) is 33.0 Å². The molecule has 0 amide bonds. The van der Waals surface area contributed by atoms with Gasteiger partial charge in [0.15, 0.2) is 0 Å². The molecule has 3 aromatic carbocycles. The van der Waals surface area contributed by atoms with E-state index in [0.29, 0.717) is 12.2 Å². The Labute approximate surface area is 136 Å². The summed E-state index contributed by atoms with van der Waals surface area (Å²) in [4.78, 5) is 0. The summed E-state index contributed by atoms with van der Waals surface area (Å²) in [6, 6.07) is 26.1. The van der Waals surface area contributed by atoms with E-state index in [1.165, 1.54) is 16.7 Å². The number of nitriles is 1. The molecule has 0 fully saturated rings. The van der Waals surface area contributed by atoms with Crippen LogP contribution >= 0.6 is 0 Å². The molecule has 0 aliphatic carbocycles. The van der Waals surface area contributed by atoms with Gasteiger partial charge in [-0.3, -0.25) is 0 Å². The van der Waals surface area contributed by atoms with E-state index in [2.05, 4.69) is 49.4 Å². The van der Waals surface area contributed by atoms with Crippen LogP contribution in [0.4, 0.5) is 0 Å². The molecule has 0 heterocycles. The minimum Gasteiger partial charge on any atom is -0.489 e. The summed E-state index contributed by atoms with van der Waals surface area (Å²) >= 11 is 0. The number of aryl methyl sites for hydroxylation is 1. The fourth-order valence-corrected chi connectivity index (χ4v) is 2.33. The van der Waals surface area contributed by atoms with Gasteiger partial charge >= 0.3 is 0 Å². The van der Waals surface area contributed by atoms with Crippen molar-refractivity contribution in [1.29, 1.82) is 5.26 Å². The fourth-order valence-electron chi connectivity index (χ4n) is 2.33. The lowest BCUT2D eigenvalue weighted by Crippen LogP contribution is -1.95. The van der Waals surface area contributed by atoms with Crippen molar-refractivity contribution in [3.63, 3.8) is 0 Å². The van der Waals surface area contributed by atoms with Gasteiger partial charge in [0.05, 0.1) is 11.6 Å². The van der Waals surface area contributed by atoms with Gasteiger partial charge in [-0.15, -0.1) is 0 Å². The molecule has 0 N–H and O–H groups in total. The lowest BCUT2D eigenvalue weighted by molar-refractivity contribution is 0.306. The maximum absolute atomic E-state index is 8.79. The zero-order valence-corrected chi connectivity index (χ0v) is 13.0. The summed E-state index contributed by atoms with van der Waals surface area (Å²) in [5.74, 6) is 0.838. The highest BCUT2D eigenvalue weighted by molar-refractivity contribution is 5.64. The third-order valence-electron chi connectivity index (χ3n) is 3.73. The first-order chi connectivity index (χ1) is 11.2. The summed E-state index contributed by atoms with van der Waals surface area (Å²) in [5, 5.41) is 8.79. The molecule has 0 saturated heterocycles. The summed E-state index contributed by atoms with van der Waals surface area (Å²) in [5.41, 5.74) is 5.35. The Hall–Kier alpha value is -3.05. The first kappa shape index (κ1) is 14.9. The average Bonchev–Trinajstić information content (AvgIpc) is 2.61. The van der Waals surface area contributed by atoms with E-state index in [-0.39, 0.29) is 0 Å². The highest BCUT2D eigenvalue weighted by Crippen LogP contribution is 2.23. The summed E-state index contributed by atoms with van der Waals surface area (Å²) in [6.07, 6.45) is 0. The molecule has 0 aromatic heterocycles. The fraction of sp³-hybridized carbons (Fsp3) is 0.0952. The highest BCUT2D eigenvalue weighted by Gasteiger charge is 2.00. The van der Waals surface area contributed by atoms with Gasteiger partial charge < -0.3 is 4.74 Å². The van der Waals surface area contributed by atoms with E-state index in [1.54, 1.807) is 12.1 Å². The van der Waals surface area contributed by atoms with Crippen LogP contribution < -0.4 is 4.74 Å². The molecule has 0 aliphatic heterocycles. The van der Waals surface area contributed by atoms with E-state index in [1.807, 2.05) is 24.3 Å². The summed E-state index contributed by atoms with van der Waals surface area (Å²) in [6.45, 7) is 2.58. The number of hydrogen-bond acceptors (Lipinski definition) is 2. The van der Waals surface area contributed by atoms with Gasteiger partial charge in [0.1, 0.15) is 12.4 Å². The number of rotatable bonds is 4. The molecule has 0 atom stereocenters. The number of nitrogens with zero attached hydrogens (tertiary/aromatic N) is 1. The molecule has 0 radical (unpaired) electrons. The molecular weight excluding hydrogens is 282 g/mol. The average molecular weight is 299 g/mol. The number of ether oxygens (including phenoxy) is 1. The Morgan fingerprint density at radius 1 is 0.783 bits per heavy atom. The zero-order chi connectivity index (χ0) is 16.1. The third-order valence-corrected chi connectivity index (χ3v) is 3.73. The molecule has 0 unspecified atom stereocenters. The van der Waals surface area contributed by atoms with Crippen molar-refractivity contribution >= 4 is 0 Å².